The number of allylic oxidation sites excluding steroid dienone is 2. The Labute approximate surface area is 121 Å². The lowest BCUT2D eigenvalue weighted by Crippen LogP contribution is -2.31. The Bertz CT molecular complexity index is 497. The van der Waals surface area contributed by atoms with E-state index >= 15 is 0 Å². The summed E-state index contributed by atoms with van der Waals surface area (Å²) in [5, 5.41) is 3.68. The first kappa shape index (κ1) is 13.4. The molecule has 2 aliphatic rings. The highest BCUT2D eigenvalue weighted by Crippen LogP contribution is 2.29. The molecule has 3 rings (SSSR count). The Morgan fingerprint density at radius 1 is 0.950 bits per heavy atom. The zero-order valence-electron chi connectivity index (χ0n) is 12.0. The lowest BCUT2D eigenvalue weighted by molar-refractivity contribution is 0.103. The minimum absolute atomic E-state index is 0.224. The van der Waals surface area contributed by atoms with Gasteiger partial charge in [0, 0.05) is 22.9 Å². The maximum Gasteiger partial charge on any atom is 0.190 e. The molecule has 2 nitrogen and oxygen atoms in total. The first-order chi connectivity index (χ1) is 9.84. The van der Waals surface area contributed by atoms with Crippen molar-refractivity contribution in [3.05, 3.63) is 47.2 Å². The zero-order chi connectivity index (χ0) is 13.8. The topological polar surface area (TPSA) is 29.1 Å². The Morgan fingerprint density at radius 2 is 1.70 bits per heavy atom. The predicted molar refractivity (Wildman–Crippen MR) is 81.7 cm³/mol. The normalized spacial score (nSPS) is 20.2. The van der Waals surface area contributed by atoms with E-state index < -0.39 is 0 Å². The molecule has 1 aromatic carbocycles. The molecule has 0 unspecified atom stereocenters. The van der Waals surface area contributed by atoms with Crippen molar-refractivity contribution in [2.45, 2.75) is 57.4 Å². The van der Waals surface area contributed by atoms with Crippen LogP contribution in [0, 0.1) is 0 Å². The van der Waals surface area contributed by atoms with Crippen molar-refractivity contribution < 1.29 is 4.79 Å². The third-order valence-electron chi connectivity index (χ3n) is 4.51. The van der Waals surface area contributed by atoms with Crippen molar-refractivity contribution in [3.63, 3.8) is 0 Å². The monoisotopic (exact) mass is 269 g/mol. The number of hydrogen-bond acceptors (Lipinski definition) is 2. The van der Waals surface area contributed by atoms with Crippen LogP contribution in [0.25, 0.3) is 0 Å². The van der Waals surface area contributed by atoms with Gasteiger partial charge in [-0.25, -0.2) is 0 Å². The summed E-state index contributed by atoms with van der Waals surface area (Å²) in [7, 11) is 0. The molecule has 0 bridgehead atoms. The van der Waals surface area contributed by atoms with Gasteiger partial charge in [0.1, 0.15) is 0 Å². The third kappa shape index (κ3) is 2.95. The molecule has 1 fully saturated rings. The Morgan fingerprint density at radius 3 is 2.45 bits per heavy atom. The number of rotatable bonds is 4. The number of nitrogens with one attached hydrogen (secondary N) is 1. The standard InChI is InChI=1S/C18H23NO/c20-18(14-8-3-1-4-9-14)16-12-7-13-17(16)19-15-10-5-2-6-11-15/h1,3-4,8-9,15,19H,2,5-7,10-13H2. The minimum atomic E-state index is 0.224. The average molecular weight is 269 g/mol. The van der Waals surface area contributed by atoms with E-state index in [4.69, 9.17) is 0 Å². The van der Waals surface area contributed by atoms with E-state index in [1.807, 2.05) is 30.3 Å². The van der Waals surface area contributed by atoms with E-state index in [9.17, 15) is 4.79 Å². The molecule has 20 heavy (non-hydrogen) atoms. The van der Waals surface area contributed by atoms with Gasteiger partial charge in [-0.3, -0.25) is 4.79 Å². The van der Waals surface area contributed by atoms with Gasteiger partial charge in [-0.1, -0.05) is 49.6 Å². The van der Waals surface area contributed by atoms with Crippen LogP contribution in [0.3, 0.4) is 0 Å². The Hall–Kier alpha value is -1.57. The Balaban J connectivity index is 1.75. The molecule has 1 N–H and O–H groups in total. The average Bonchev–Trinajstić information content (AvgIpc) is 2.96. The first-order valence-electron chi connectivity index (χ1n) is 7.93. The third-order valence-corrected chi connectivity index (χ3v) is 4.51. The van der Waals surface area contributed by atoms with Gasteiger partial charge in [0.05, 0.1) is 0 Å². The number of hydrogen-bond donors (Lipinski definition) is 1. The molecule has 0 atom stereocenters. The number of Topliss-reactive ketones (excluding diaryl/α,β-unsaturated/α-hetero) is 1. The number of benzene rings is 1. The van der Waals surface area contributed by atoms with Crippen LogP contribution in [-0.2, 0) is 0 Å². The molecule has 2 aliphatic carbocycles. The Kier molecular flexibility index (Phi) is 4.19. The number of carbonyl (C=O) groups excluding carboxylic acids is 1. The van der Waals surface area contributed by atoms with Crippen LogP contribution in [0.1, 0.15) is 61.7 Å². The summed E-state index contributed by atoms with van der Waals surface area (Å²) in [6.45, 7) is 0. The fraction of sp³-hybridized carbons (Fsp3) is 0.500. The summed E-state index contributed by atoms with van der Waals surface area (Å²) in [4.78, 5) is 12.6. The molecule has 0 heterocycles. The van der Waals surface area contributed by atoms with E-state index in [-0.39, 0.29) is 5.78 Å². The molecule has 0 amide bonds. The van der Waals surface area contributed by atoms with Crippen molar-refractivity contribution in [2.75, 3.05) is 0 Å². The fourth-order valence-electron chi connectivity index (χ4n) is 3.41. The molecule has 1 aromatic rings. The van der Waals surface area contributed by atoms with Crippen LogP contribution in [0.2, 0.25) is 0 Å². The summed E-state index contributed by atoms with van der Waals surface area (Å²) in [5.74, 6) is 0.224. The van der Waals surface area contributed by atoms with Crippen LogP contribution < -0.4 is 5.32 Å². The molecule has 0 spiro atoms. The van der Waals surface area contributed by atoms with Crippen molar-refractivity contribution in [2.24, 2.45) is 0 Å². The minimum Gasteiger partial charge on any atom is -0.385 e. The lowest BCUT2D eigenvalue weighted by Gasteiger charge is -2.25. The summed E-state index contributed by atoms with van der Waals surface area (Å²) in [5.41, 5.74) is 3.08. The molecular formula is C18H23NO. The predicted octanol–water partition coefficient (Wildman–Crippen LogP) is 4.23. The molecule has 0 radical (unpaired) electrons. The van der Waals surface area contributed by atoms with Gasteiger partial charge < -0.3 is 5.32 Å². The van der Waals surface area contributed by atoms with Crippen LogP contribution in [-0.4, -0.2) is 11.8 Å². The van der Waals surface area contributed by atoms with Gasteiger partial charge in [-0.15, -0.1) is 0 Å². The van der Waals surface area contributed by atoms with Crippen molar-refractivity contribution in [1.82, 2.24) is 5.32 Å². The molecular weight excluding hydrogens is 246 g/mol. The summed E-state index contributed by atoms with van der Waals surface area (Å²) < 4.78 is 0. The molecule has 0 saturated heterocycles. The summed E-state index contributed by atoms with van der Waals surface area (Å²) in [6, 6.07) is 10.3. The second-order valence-electron chi connectivity index (χ2n) is 5.99. The smallest absolute Gasteiger partial charge is 0.190 e. The SMILES string of the molecule is O=C(C1=C(NC2CCCCC2)CCC1)c1ccccc1. The first-order valence-corrected chi connectivity index (χ1v) is 7.93. The summed E-state index contributed by atoms with van der Waals surface area (Å²) in [6.07, 6.45) is 9.63. The molecule has 0 aliphatic heterocycles. The van der Waals surface area contributed by atoms with Crippen molar-refractivity contribution >= 4 is 5.78 Å². The van der Waals surface area contributed by atoms with Gasteiger partial charge in [-0.05, 0) is 32.1 Å². The maximum absolute atomic E-state index is 12.6. The van der Waals surface area contributed by atoms with Gasteiger partial charge in [-0.2, -0.15) is 0 Å². The number of ketones is 1. The van der Waals surface area contributed by atoms with Gasteiger partial charge in [0.2, 0.25) is 0 Å². The second-order valence-corrected chi connectivity index (χ2v) is 5.99. The van der Waals surface area contributed by atoms with Crippen LogP contribution in [0.5, 0.6) is 0 Å². The highest BCUT2D eigenvalue weighted by Gasteiger charge is 2.24. The van der Waals surface area contributed by atoms with Crippen molar-refractivity contribution in [1.29, 1.82) is 0 Å². The van der Waals surface area contributed by atoms with Crippen molar-refractivity contribution in [3.8, 4) is 0 Å². The van der Waals surface area contributed by atoms with E-state index in [2.05, 4.69) is 5.32 Å². The molecule has 0 aromatic heterocycles. The highest BCUT2D eigenvalue weighted by atomic mass is 16.1. The summed E-state index contributed by atoms with van der Waals surface area (Å²) >= 11 is 0. The lowest BCUT2D eigenvalue weighted by atomic mass is 9.95. The number of carbonyl (C=O) groups is 1. The van der Waals surface area contributed by atoms with E-state index in [0.717, 1.165) is 30.4 Å². The second kappa shape index (κ2) is 6.25. The maximum atomic E-state index is 12.6. The molecule has 106 valence electrons. The van der Waals surface area contributed by atoms with E-state index in [1.54, 1.807) is 0 Å². The zero-order valence-corrected chi connectivity index (χ0v) is 12.0. The van der Waals surface area contributed by atoms with Gasteiger partial charge in [0.25, 0.3) is 0 Å². The largest absolute Gasteiger partial charge is 0.385 e. The fourth-order valence-corrected chi connectivity index (χ4v) is 3.41. The molecule has 1 saturated carbocycles. The molecule has 2 heteroatoms. The highest BCUT2D eigenvalue weighted by molar-refractivity contribution is 6.09. The van der Waals surface area contributed by atoms with E-state index in [1.165, 1.54) is 37.8 Å². The van der Waals surface area contributed by atoms with Crippen LogP contribution in [0.4, 0.5) is 0 Å². The van der Waals surface area contributed by atoms with Crippen LogP contribution in [0.15, 0.2) is 41.6 Å². The van der Waals surface area contributed by atoms with Crippen LogP contribution >= 0.6 is 0 Å². The van der Waals surface area contributed by atoms with Gasteiger partial charge in [0.15, 0.2) is 5.78 Å². The van der Waals surface area contributed by atoms with Gasteiger partial charge >= 0.3 is 0 Å². The van der Waals surface area contributed by atoms with E-state index in [0.29, 0.717) is 6.04 Å². The quantitative estimate of drug-likeness (QED) is 0.829.